The summed E-state index contributed by atoms with van der Waals surface area (Å²) in [6, 6.07) is 7.98. The number of sulfonamides is 1. The number of benzene rings is 1. The van der Waals surface area contributed by atoms with E-state index in [4.69, 9.17) is 4.74 Å². The zero-order valence-corrected chi connectivity index (χ0v) is 13.8. The van der Waals surface area contributed by atoms with Crippen LogP contribution in [0.5, 0.6) is 5.75 Å². The van der Waals surface area contributed by atoms with E-state index in [2.05, 4.69) is 4.90 Å². The predicted octanol–water partition coefficient (Wildman–Crippen LogP) is 1.95. The predicted molar refractivity (Wildman–Crippen MR) is 85.5 cm³/mol. The second kappa shape index (κ2) is 6.66. The zero-order chi connectivity index (χ0) is 15.5. The first-order valence-corrected chi connectivity index (χ1v) is 9.03. The Labute approximate surface area is 127 Å². The van der Waals surface area contributed by atoms with E-state index < -0.39 is 10.0 Å². The molecule has 1 heterocycles. The topological polar surface area (TPSA) is 49.9 Å². The Morgan fingerprint density at radius 2 is 1.67 bits per heavy atom. The van der Waals surface area contributed by atoms with Crippen LogP contribution in [0.1, 0.15) is 20.8 Å². The number of rotatable bonds is 5. The molecule has 0 saturated carbocycles. The summed E-state index contributed by atoms with van der Waals surface area (Å²) in [4.78, 5) is 2.21. The second-order valence-electron chi connectivity index (χ2n) is 5.45. The van der Waals surface area contributed by atoms with Crippen LogP contribution in [0.3, 0.4) is 0 Å². The maximum absolute atomic E-state index is 11.8. The van der Waals surface area contributed by atoms with Crippen LogP contribution in [-0.4, -0.2) is 50.8 Å². The zero-order valence-electron chi connectivity index (χ0n) is 12.9. The number of nitrogens with zero attached hydrogens (tertiary/aromatic N) is 2. The molecule has 1 aliphatic heterocycles. The summed E-state index contributed by atoms with van der Waals surface area (Å²) in [6.07, 6.45) is 0.165. The molecule has 0 radical (unpaired) electrons. The minimum Gasteiger partial charge on any atom is -0.491 e. The Morgan fingerprint density at radius 3 is 2.14 bits per heavy atom. The van der Waals surface area contributed by atoms with Gasteiger partial charge in [0.15, 0.2) is 0 Å². The Balaban J connectivity index is 1.96. The van der Waals surface area contributed by atoms with Crippen LogP contribution in [0.25, 0.3) is 0 Å². The molecule has 2 rings (SSSR count). The van der Waals surface area contributed by atoms with Crippen molar-refractivity contribution in [3.63, 3.8) is 0 Å². The Bertz CT molecular complexity index is 547. The highest BCUT2D eigenvalue weighted by atomic mass is 32.2. The van der Waals surface area contributed by atoms with Gasteiger partial charge in [0.25, 0.3) is 0 Å². The van der Waals surface area contributed by atoms with Crippen molar-refractivity contribution in [3.8, 4) is 5.75 Å². The Kier molecular flexibility index (Phi) is 5.11. The average Bonchev–Trinajstić information content (AvgIpc) is 2.47. The molecule has 6 heteroatoms. The highest BCUT2D eigenvalue weighted by Crippen LogP contribution is 2.22. The van der Waals surface area contributed by atoms with Gasteiger partial charge in [-0.3, -0.25) is 0 Å². The van der Waals surface area contributed by atoms with Crippen molar-refractivity contribution < 1.29 is 13.2 Å². The monoisotopic (exact) mass is 312 g/mol. The quantitative estimate of drug-likeness (QED) is 0.834. The Morgan fingerprint density at radius 1 is 1.10 bits per heavy atom. The molecule has 118 valence electrons. The highest BCUT2D eigenvalue weighted by molar-refractivity contribution is 7.89. The lowest BCUT2D eigenvalue weighted by molar-refractivity contribution is 0.242. The van der Waals surface area contributed by atoms with E-state index in [0.29, 0.717) is 13.1 Å². The van der Waals surface area contributed by atoms with E-state index >= 15 is 0 Å². The van der Waals surface area contributed by atoms with Gasteiger partial charge in [0.1, 0.15) is 5.75 Å². The molecule has 0 atom stereocenters. The largest absolute Gasteiger partial charge is 0.491 e. The van der Waals surface area contributed by atoms with Gasteiger partial charge in [-0.15, -0.1) is 0 Å². The molecule has 0 bridgehead atoms. The van der Waals surface area contributed by atoms with Gasteiger partial charge in [-0.05, 0) is 45.0 Å². The molecule has 1 saturated heterocycles. The van der Waals surface area contributed by atoms with Crippen molar-refractivity contribution in [3.05, 3.63) is 24.3 Å². The third-order valence-corrected chi connectivity index (χ3v) is 5.45. The molecule has 1 aromatic rings. The molecule has 0 aromatic heterocycles. The van der Waals surface area contributed by atoms with Crippen LogP contribution in [0.2, 0.25) is 0 Å². The third-order valence-electron chi connectivity index (χ3n) is 3.57. The van der Waals surface area contributed by atoms with Gasteiger partial charge >= 0.3 is 0 Å². The summed E-state index contributed by atoms with van der Waals surface area (Å²) in [5, 5.41) is 0. The summed E-state index contributed by atoms with van der Waals surface area (Å²) in [7, 11) is -3.06. The van der Waals surface area contributed by atoms with Gasteiger partial charge in [-0.25, -0.2) is 8.42 Å². The molecule has 0 unspecified atom stereocenters. The van der Waals surface area contributed by atoms with Crippen molar-refractivity contribution in [1.82, 2.24) is 4.31 Å². The van der Waals surface area contributed by atoms with E-state index in [1.807, 2.05) is 38.1 Å². The van der Waals surface area contributed by atoms with Gasteiger partial charge in [-0.1, -0.05) is 0 Å². The third kappa shape index (κ3) is 4.11. The molecule has 0 spiro atoms. The summed E-state index contributed by atoms with van der Waals surface area (Å²) >= 11 is 0. The standard InChI is InChI=1S/C15H24N2O3S/c1-4-21(18,19)17-11-9-16(10-12-17)14-5-7-15(8-6-14)20-13(2)3/h5-8,13H,4,9-12H2,1-3H3. The fraction of sp³-hybridized carbons (Fsp3) is 0.600. The minimum atomic E-state index is -3.06. The molecule has 0 N–H and O–H groups in total. The maximum Gasteiger partial charge on any atom is 0.213 e. The summed E-state index contributed by atoms with van der Waals surface area (Å²) in [5.74, 6) is 1.04. The lowest BCUT2D eigenvalue weighted by atomic mass is 10.2. The van der Waals surface area contributed by atoms with Crippen LogP contribution in [0.4, 0.5) is 5.69 Å². The normalized spacial score (nSPS) is 17.2. The van der Waals surface area contributed by atoms with Gasteiger partial charge in [0.2, 0.25) is 10.0 Å². The van der Waals surface area contributed by atoms with Crippen molar-refractivity contribution in [2.24, 2.45) is 0 Å². The van der Waals surface area contributed by atoms with Crippen LogP contribution in [0, 0.1) is 0 Å². The molecule has 1 aliphatic rings. The summed E-state index contributed by atoms with van der Waals surface area (Å²) < 4.78 is 30.9. The molecular weight excluding hydrogens is 288 g/mol. The number of ether oxygens (including phenoxy) is 1. The van der Waals surface area contributed by atoms with Gasteiger partial charge in [0.05, 0.1) is 11.9 Å². The highest BCUT2D eigenvalue weighted by Gasteiger charge is 2.25. The SMILES string of the molecule is CCS(=O)(=O)N1CCN(c2ccc(OC(C)C)cc2)CC1. The van der Waals surface area contributed by atoms with Crippen molar-refractivity contribution >= 4 is 15.7 Å². The first kappa shape index (κ1) is 16.1. The number of hydrogen-bond acceptors (Lipinski definition) is 4. The number of piperazine rings is 1. The van der Waals surface area contributed by atoms with E-state index in [1.165, 1.54) is 0 Å². The van der Waals surface area contributed by atoms with E-state index in [9.17, 15) is 8.42 Å². The molecule has 0 aliphatic carbocycles. The number of anilines is 1. The fourth-order valence-electron chi connectivity index (χ4n) is 2.41. The van der Waals surface area contributed by atoms with Crippen LogP contribution < -0.4 is 9.64 Å². The average molecular weight is 312 g/mol. The first-order chi connectivity index (χ1) is 9.92. The van der Waals surface area contributed by atoms with E-state index in [0.717, 1.165) is 24.5 Å². The molecule has 0 amide bonds. The van der Waals surface area contributed by atoms with Crippen molar-refractivity contribution in [2.75, 3.05) is 36.8 Å². The molecule has 5 nitrogen and oxygen atoms in total. The van der Waals surface area contributed by atoms with Crippen LogP contribution >= 0.6 is 0 Å². The minimum absolute atomic E-state index is 0.165. The molecular formula is C15H24N2O3S. The first-order valence-electron chi connectivity index (χ1n) is 7.42. The summed E-state index contributed by atoms with van der Waals surface area (Å²) in [5.41, 5.74) is 1.11. The molecule has 1 fully saturated rings. The van der Waals surface area contributed by atoms with Crippen LogP contribution in [0.15, 0.2) is 24.3 Å². The van der Waals surface area contributed by atoms with E-state index in [1.54, 1.807) is 11.2 Å². The van der Waals surface area contributed by atoms with E-state index in [-0.39, 0.29) is 11.9 Å². The lowest BCUT2D eigenvalue weighted by Crippen LogP contribution is -2.49. The van der Waals surface area contributed by atoms with Crippen molar-refractivity contribution in [2.45, 2.75) is 26.9 Å². The molecule has 1 aromatic carbocycles. The van der Waals surface area contributed by atoms with Gasteiger partial charge in [0, 0.05) is 31.9 Å². The Hall–Kier alpha value is -1.27. The summed E-state index contributed by atoms with van der Waals surface area (Å²) in [6.45, 7) is 8.26. The smallest absolute Gasteiger partial charge is 0.213 e. The second-order valence-corrected chi connectivity index (χ2v) is 7.70. The maximum atomic E-state index is 11.8. The van der Waals surface area contributed by atoms with Crippen LogP contribution in [-0.2, 0) is 10.0 Å². The van der Waals surface area contributed by atoms with Crippen molar-refractivity contribution in [1.29, 1.82) is 0 Å². The number of hydrogen-bond donors (Lipinski definition) is 0. The molecule has 21 heavy (non-hydrogen) atoms. The van der Waals surface area contributed by atoms with Gasteiger partial charge in [-0.2, -0.15) is 4.31 Å². The fourth-order valence-corrected chi connectivity index (χ4v) is 3.50. The van der Waals surface area contributed by atoms with Gasteiger partial charge < -0.3 is 9.64 Å². The lowest BCUT2D eigenvalue weighted by Gasteiger charge is -2.35.